The maximum atomic E-state index is 5.54. The number of morpholine rings is 2. The second kappa shape index (κ2) is 6.70. The molecule has 2 fully saturated rings. The van der Waals surface area contributed by atoms with E-state index in [9.17, 15) is 0 Å². The minimum absolute atomic E-state index is 0.728. The van der Waals surface area contributed by atoms with Crippen molar-refractivity contribution in [3.8, 4) is 0 Å². The van der Waals surface area contributed by atoms with Crippen LogP contribution in [0.5, 0.6) is 0 Å². The molecule has 0 atom stereocenters. The minimum atomic E-state index is 0.728. The van der Waals surface area contributed by atoms with E-state index >= 15 is 0 Å². The van der Waals surface area contributed by atoms with Gasteiger partial charge >= 0.3 is 0 Å². The zero-order valence-corrected chi connectivity index (χ0v) is 14.7. The topological polar surface area (TPSA) is 50.7 Å². The summed E-state index contributed by atoms with van der Waals surface area (Å²) in [6, 6.07) is 12.8. The van der Waals surface area contributed by atoms with Crippen LogP contribution in [0.25, 0.3) is 21.7 Å². The van der Waals surface area contributed by atoms with E-state index in [-0.39, 0.29) is 0 Å². The Morgan fingerprint density at radius 2 is 1.35 bits per heavy atom. The van der Waals surface area contributed by atoms with Gasteiger partial charge in [0, 0.05) is 31.6 Å². The van der Waals surface area contributed by atoms with E-state index < -0.39 is 0 Å². The summed E-state index contributed by atoms with van der Waals surface area (Å²) in [4.78, 5) is 14.4. The molecule has 2 aliphatic rings. The predicted octanol–water partition coefficient (Wildman–Crippen LogP) is 2.46. The molecule has 3 heterocycles. The van der Waals surface area contributed by atoms with E-state index in [2.05, 4.69) is 46.2 Å². The van der Waals surface area contributed by atoms with Gasteiger partial charge in [-0.2, -0.15) is 4.98 Å². The Labute approximate surface area is 152 Å². The molecule has 0 radical (unpaired) electrons. The molecule has 3 aromatic rings. The van der Waals surface area contributed by atoms with Gasteiger partial charge in [0.05, 0.1) is 31.9 Å². The molecule has 0 aliphatic carbocycles. The fourth-order valence-corrected chi connectivity index (χ4v) is 3.71. The summed E-state index contributed by atoms with van der Waals surface area (Å²) in [5.41, 5.74) is 1.00. The molecule has 134 valence electrons. The summed E-state index contributed by atoms with van der Waals surface area (Å²) in [6.07, 6.45) is 0. The normalized spacial score (nSPS) is 18.6. The Bertz CT molecular complexity index is 934. The molecule has 0 saturated carbocycles. The number of hydrogen-bond acceptors (Lipinski definition) is 6. The van der Waals surface area contributed by atoms with Crippen LogP contribution in [0.15, 0.2) is 36.4 Å². The lowest BCUT2D eigenvalue weighted by Gasteiger charge is -2.31. The lowest BCUT2D eigenvalue weighted by molar-refractivity contribution is 0.121. The summed E-state index contributed by atoms with van der Waals surface area (Å²) in [5, 5.41) is 3.54. The number of anilines is 2. The monoisotopic (exact) mass is 350 g/mol. The first kappa shape index (κ1) is 15.8. The molecule has 2 saturated heterocycles. The number of rotatable bonds is 2. The molecule has 0 N–H and O–H groups in total. The number of aromatic nitrogens is 2. The lowest BCUT2D eigenvalue weighted by atomic mass is 10.1. The number of nitrogens with zero attached hydrogens (tertiary/aromatic N) is 4. The number of ether oxygens (including phenoxy) is 2. The lowest BCUT2D eigenvalue weighted by Crippen LogP contribution is -2.39. The van der Waals surface area contributed by atoms with E-state index in [0.717, 1.165) is 75.3 Å². The maximum Gasteiger partial charge on any atom is 0.228 e. The highest BCUT2D eigenvalue weighted by molar-refractivity contribution is 6.01. The van der Waals surface area contributed by atoms with Crippen LogP contribution >= 0.6 is 0 Å². The number of hydrogen-bond donors (Lipinski definition) is 0. The average molecular weight is 350 g/mol. The standard InChI is InChI=1S/C20H22N4O2/c1-2-4-16-14-18-17(13-15(16)3-1)19(23-5-9-25-10-6-23)22-20(21-18)24-7-11-26-12-8-24/h1-4,13-14H,5-12H2. The van der Waals surface area contributed by atoms with Gasteiger partial charge in [-0.25, -0.2) is 4.98 Å². The first-order chi connectivity index (χ1) is 12.9. The van der Waals surface area contributed by atoms with Crippen LogP contribution < -0.4 is 9.80 Å². The second-order valence-corrected chi connectivity index (χ2v) is 6.76. The molecule has 1 aromatic heterocycles. The van der Waals surface area contributed by atoms with Crippen molar-refractivity contribution < 1.29 is 9.47 Å². The third kappa shape index (κ3) is 2.85. The molecule has 6 nitrogen and oxygen atoms in total. The summed E-state index contributed by atoms with van der Waals surface area (Å²) in [7, 11) is 0. The van der Waals surface area contributed by atoms with E-state index in [1.165, 1.54) is 10.8 Å². The molecule has 2 aromatic carbocycles. The van der Waals surface area contributed by atoms with Gasteiger partial charge in [-0.05, 0) is 22.9 Å². The summed E-state index contributed by atoms with van der Waals surface area (Å²) in [6.45, 7) is 6.34. The molecule has 0 spiro atoms. The van der Waals surface area contributed by atoms with Crippen molar-refractivity contribution in [3.63, 3.8) is 0 Å². The molecular formula is C20H22N4O2. The first-order valence-electron chi connectivity index (χ1n) is 9.24. The Kier molecular flexibility index (Phi) is 4.07. The fraction of sp³-hybridized carbons (Fsp3) is 0.400. The van der Waals surface area contributed by atoms with Crippen LogP contribution in [-0.4, -0.2) is 62.6 Å². The van der Waals surface area contributed by atoms with Crippen molar-refractivity contribution in [1.82, 2.24) is 9.97 Å². The van der Waals surface area contributed by atoms with Crippen molar-refractivity contribution in [2.75, 3.05) is 62.4 Å². The quantitative estimate of drug-likeness (QED) is 0.662. The van der Waals surface area contributed by atoms with Crippen molar-refractivity contribution >= 4 is 33.4 Å². The molecular weight excluding hydrogens is 328 g/mol. The van der Waals surface area contributed by atoms with Gasteiger partial charge in [0.1, 0.15) is 5.82 Å². The van der Waals surface area contributed by atoms with Crippen molar-refractivity contribution in [3.05, 3.63) is 36.4 Å². The van der Waals surface area contributed by atoms with E-state index in [1.54, 1.807) is 0 Å². The Morgan fingerprint density at radius 1 is 0.731 bits per heavy atom. The van der Waals surface area contributed by atoms with Crippen molar-refractivity contribution in [1.29, 1.82) is 0 Å². The van der Waals surface area contributed by atoms with Gasteiger partial charge in [-0.1, -0.05) is 24.3 Å². The molecule has 2 aliphatic heterocycles. The highest BCUT2D eigenvalue weighted by Gasteiger charge is 2.21. The van der Waals surface area contributed by atoms with Crippen LogP contribution in [0.1, 0.15) is 0 Å². The largest absolute Gasteiger partial charge is 0.378 e. The highest BCUT2D eigenvalue weighted by Crippen LogP contribution is 2.31. The molecule has 0 unspecified atom stereocenters. The Hall–Kier alpha value is -2.44. The van der Waals surface area contributed by atoms with Gasteiger partial charge < -0.3 is 19.3 Å². The van der Waals surface area contributed by atoms with Crippen LogP contribution in [0, 0.1) is 0 Å². The van der Waals surface area contributed by atoms with Crippen molar-refractivity contribution in [2.45, 2.75) is 0 Å². The summed E-state index contributed by atoms with van der Waals surface area (Å²) >= 11 is 0. The third-order valence-electron chi connectivity index (χ3n) is 5.14. The highest BCUT2D eigenvalue weighted by atomic mass is 16.5. The summed E-state index contributed by atoms with van der Waals surface area (Å²) < 4.78 is 11.0. The maximum absolute atomic E-state index is 5.54. The molecule has 5 rings (SSSR count). The van der Waals surface area contributed by atoms with Gasteiger partial charge in [-0.15, -0.1) is 0 Å². The zero-order valence-electron chi connectivity index (χ0n) is 14.7. The predicted molar refractivity (Wildman–Crippen MR) is 103 cm³/mol. The van der Waals surface area contributed by atoms with Crippen LogP contribution in [0.2, 0.25) is 0 Å². The Morgan fingerprint density at radius 3 is 2.04 bits per heavy atom. The van der Waals surface area contributed by atoms with Crippen LogP contribution in [0.3, 0.4) is 0 Å². The number of fused-ring (bicyclic) bond motifs is 2. The average Bonchev–Trinajstić information content (AvgIpc) is 2.73. The molecule has 26 heavy (non-hydrogen) atoms. The van der Waals surface area contributed by atoms with E-state index in [1.807, 2.05) is 0 Å². The minimum Gasteiger partial charge on any atom is -0.378 e. The summed E-state index contributed by atoms with van der Waals surface area (Å²) in [5.74, 6) is 1.82. The van der Waals surface area contributed by atoms with E-state index in [0.29, 0.717) is 0 Å². The van der Waals surface area contributed by atoms with Gasteiger partial charge in [0.2, 0.25) is 5.95 Å². The number of benzene rings is 2. The van der Waals surface area contributed by atoms with E-state index in [4.69, 9.17) is 19.4 Å². The first-order valence-corrected chi connectivity index (χ1v) is 9.24. The molecule has 0 bridgehead atoms. The smallest absolute Gasteiger partial charge is 0.228 e. The van der Waals surface area contributed by atoms with Gasteiger partial charge in [-0.3, -0.25) is 0 Å². The zero-order chi connectivity index (χ0) is 17.3. The van der Waals surface area contributed by atoms with Crippen molar-refractivity contribution in [2.24, 2.45) is 0 Å². The molecule has 0 amide bonds. The van der Waals surface area contributed by atoms with Crippen LogP contribution in [-0.2, 0) is 9.47 Å². The fourth-order valence-electron chi connectivity index (χ4n) is 3.71. The second-order valence-electron chi connectivity index (χ2n) is 6.76. The van der Waals surface area contributed by atoms with Gasteiger partial charge in [0.25, 0.3) is 0 Å². The Balaban J connectivity index is 1.69. The SMILES string of the molecule is c1ccc2cc3c(N4CCOCC4)nc(N4CCOCC4)nc3cc2c1. The molecule has 6 heteroatoms. The third-order valence-corrected chi connectivity index (χ3v) is 5.14. The van der Waals surface area contributed by atoms with Gasteiger partial charge in [0.15, 0.2) is 0 Å². The van der Waals surface area contributed by atoms with Crippen LogP contribution in [0.4, 0.5) is 11.8 Å².